The Morgan fingerprint density at radius 1 is 1.26 bits per heavy atom. The minimum absolute atomic E-state index is 0.0589. The van der Waals surface area contributed by atoms with Gasteiger partial charge >= 0.3 is 0 Å². The third-order valence-electron chi connectivity index (χ3n) is 5.48. The highest BCUT2D eigenvalue weighted by Gasteiger charge is 2.39. The highest BCUT2D eigenvalue weighted by molar-refractivity contribution is 5.87. The van der Waals surface area contributed by atoms with Crippen molar-refractivity contribution in [2.45, 2.75) is 12.0 Å². The Balaban J connectivity index is 1.40. The van der Waals surface area contributed by atoms with Crippen molar-refractivity contribution in [2.75, 3.05) is 44.3 Å². The molecule has 11 heteroatoms. The van der Waals surface area contributed by atoms with Crippen molar-refractivity contribution in [3.8, 4) is 11.5 Å². The van der Waals surface area contributed by atoms with Gasteiger partial charge in [0.2, 0.25) is 5.91 Å². The number of anilines is 1. The van der Waals surface area contributed by atoms with E-state index in [1.54, 1.807) is 6.20 Å². The molecule has 1 amide bonds. The van der Waals surface area contributed by atoms with Crippen molar-refractivity contribution in [2.24, 2.45) is 0 Å². The number of aromatic nitrogens is 4. The van der Waals surface area contributed by atoms with Crippen LogP contribution in [-0.2, 0) is 9.53 Å². The molecule has 2 aromatic heterocycles. The van der Waals surface area contributed by atoms with E-state index in [2.05, 4.69) is 21.8 Å². The number of halogens is 2. The van der Waals surface area contributed by atoms with Crippen LogP contribution in [0.1, 0.15) is 6.04 Å². The number of nitrogens with zero attached hydrogens (tertiary/aromatic N) is 6. The average Bonchev–Trinajstić information content (AvgIpc) is 3.32. The van der Waals surface area contributed by atoms with Gasteiger partial charge in [0.1, 0.15) is 0 Å². The standard InChI is InChI=1S/C20H20F2N6O3/c1-2-17(29)26-5-6-27(12-20(21,22)11-26)19-24-18(31-25-19)13-3-4-14-8-23-28(16(14)7-13)15-9-30-10-15/h2-4,7-8,15H,1,5-6,9-12H2. The van der Waals surface area contributed by atoms with Gasteiger partial charge in [0.25, 0.3) is 17.8 Å². The molecule has 2 fully saturated rings. The zero-order valence-corrected chi connectivity index (χ0v) is 16.6. The summed E-state index contributed by atoms with van der Waals surface area (Å²) in [5.41, 5.74) is 1.57. The second-order valence-electron chi connectivity index (χ2n) is 7.69. The van der Waals surface area contributed by atoms with Crippen LogP contribution in [0.15, 0.2) is 41.6 Å². The Bertz CT molecular complexity index is 1140. The molecule has 31 heavy (non-hydrogen) atoms. The quantitative estimate of drug-likeness (QED) is 0.586. The molecule has 0 aliphatic carbocycles. The number of carbonyl (C=O) groups excluding carboxylic acids is 1. The van der Waals surface area contributed by atoms with Crippen molar-refractivity contribution in [1.82, 2.24) is 24.8 Å². The molecular formula is C20H20F2N6O3. The SMILES string of the molecule is C=CC(=O)N1CCN(c2noc(-c3ccc4cnn(C5COC5)c4c3)n2)CC(F)(F)C1. The molecule has 0 spiro atoms. The minimum atomic E-state index is -3.12. The van der Waals surface area contributed by atoms with E-state index >= 15 is 0 Å². The van der Waals surface area contributed by atoms with Gasteiger partial charge in [0.05, 0.1) is 44.1 Å². The maximum absolute atomic E-state index is 14.4. The third kappa shape index (κ3) is 3.65. The van der Waals surface area contributed by atoms with Gasteiger partial charge in [-0.05, 0) is 23.4 Å². The predicted molar refractivity (Wildman–Crippen MR) is 107 cm³/mol. The van der Waals surface area contributed by atoms with Crippen LogP contribution in [0.3, 0.4) is 0 Å². The van der Waals surface area contributed by atoms with Crippen molar-refractivity contribution in [3.05, 3.63) is 37.1 Å². The fraction of sp³-hybridized carbons (Fsp3) is 0.400. The Morgan fingerprint density at radius 3 is 2.84 bits per heavy atom. The second kappa shape index (κ2) is 7.41. The lowest BCUT2D eigenvalue weighted by Crippen LogP contribution is -2.41. The highest BCUT2D eigenvalue weighted by Crippen LogP contribution is 2.29. The molecule has 2 saturated heterocycles. The molecular weight excluding hydrogens is 410 g/mol. The van der Waals surface area contributed by atoms with Gasteiger partial charge in [-0.15, -0.1) is 0 Å². The fourth-order valence-electron chi connectivity index (χ4n) is 3.78. The van der Waals surface area contributed by atoms with Crippen LogP contribution in [0.4, 0.5) is 14.7 Å². The van der Waals surface area contributed by atoms with Gasteiger partial charge in [-0.2, -0.15) is 10.1 Å². The predicted octanol–water partition coefficient (Wildman–Crippen LogP) is 2.13. The van der Waals surface area contributed by atoms with Crippen LogP contribution >= 0.6 is 0 Å². The smallest absolute Gasteiger partial charge is 0.282 e. The van der Waals surface area contributed by atoms with Crippen LogP contribution < -0.4 is 4.90 Å². The zero-order chi connectivity index (χ0) is 21.6. The molecule has 0 atom stereocenters. The highest BCUT2D eigenvalue weighted by atomic mass is 19.3. The normalized spacial score (nSPS) is 19.3. The topological polar surface area (TPSA) is 89.5 Å². The van der Waals surface area contributed by atoms with E-state index in [-0.39, 0.29) is 31.0 Å². The number of amides is 1. The van der Waals surface area contributed by atoms with Crippen LogP contribution in [0.5, 0.6) is 0 Å². The third-order valence-corrected chi connectivity index (χ3v) is 5.48. The second-order valence-corrected chi connectivity index (χ2v) is 7.69. The number of rotatable bonds is 4. The van der Waals surface area contributed by atoms with Gasteiger partial charge in [-0.25, -0.2) is 8.78 Å². The van der Waals surface area contributed by atoms with Gasteiger partial charge in [0, 0.05) is 24.0 Å². The fourth-order valence-corrected chi connectivity index (χ4v) is 3.78. The number of benzene rings is 1. The Hall–Kier alpha value is -3.34. The number of fused-ring (bicyclic) bond motifs is 1. The summed E-state index contributed by atoms with van der Waals surface area (Å²) in [7, 11) is 0. The average molecular weight is 430 g/mol. The molecule has 0 radical (unpaired) electrons. The summed E-state index contributed by atoms with van der Waals surface area (Å²) >= 11 is 0. The first kappa shape index (κ1) is 19.6. The molecule has 3 aromatic rings. The molecule has 0 saturated carbocycles. The summed E-state index contributed by atoms with van der Waals surface area (Å²) in [6.07, 6.45) is 2.82. The number of hydrogen-bond acceptors (Lipinski definition) is 7. The molecule has 162 valence electrons. The number of hydrogen-bond donors (Lipinski definition) is 0. The molecule has 4 heterocycles. The number of alkyl halides is 2. The molecule has 2 aliphatic rings. The van der Waals surface area contributed by atoms with Gasteiger partial charge in [-0.1, -0.05) is 12.6 Å². The monoisotopic (exact) mass is 430 g/mol. The van der Waals surface area contributed by atoms with Gasteiger partial charge in [0.15, 0.2) is 0 Å². The molecule has 0 N–H and O–H groups in total. The summed E-state index contributed by atoms with van der Waals surface area (Å²) in [4.78, 5) is 18.6. The van der Waals surface area contributed by atoms with Crippen molar-refractivity contribution in [1.29, 1.82) is 0 Å². The molecule has 0 bridgehead atoms. The van der Waals surface area contributed by atoms with Crippen LogP contribution in [0.25, 0.3) is 22.4 Å². The van der Waals surface area contributed by atoms with E-state index in [1.165, 1.54) is 4.90 Å². The maximum Gasteiger partial charge on any atom is 0.282 e. The van der Waals surface area contributed by atoms with E-state index in [9.17, 15) is 13.6 Å². The number of carbonyl (C=O) groups is 1. The molecule has 2 aliphatic heterocycles. The largest absolute Gasteiger partial charge is 0.377 e. The van der Waals surface area contributed by atoms with Crippen molar-refractivity contribution >= 4 is 22.8 Å². The van der Waals surface area contributed by atoms with Gasteiger partial charge < -0.3 is 19.1 Å². The van der Waals surface area contributed by atoms with E-state index in [0.717, 1.165) is 21.9 Å². The lowest BCUT2D eigenvalue weighted by molar-refractivity contribution is -0.130. The summed E-state index contributed by atoms with van der Waals surface area (Å²) in [6.45, 7) is 3.57. The zero-order valence-electron chi connectivity index (χ0n) is 16.6. The van der Waals surface area contributed by atoms with E-state index in [0.29, 0.717) is 18.8 Å². The molecule has 9 nitrogen and oxygen atoms in total. The minimum Gasteiger partial charge on any atom is -0.377 e. The van der Waals surface area contributed by atoms with Crippen LogP contribution in [-0.4, -0.2) is 76.0 Å². The van der Waals surface area contributed by atoms with E-state index < -0.39 is 24.9 Å². The van der Waals surface area contributed by atoms with E-state index in [1.807, 2.05) is 22.9 Å². The van der Waals surface area contributed by atoms with Crippen LogP contribution in [0, 0.1) is 0 Å². The van der Waals surface area contributed by atoms with Crippen molar-refractivity contribution < 1.29 is 22.8 Å². The molecule has 1 aromatic carbocycles. The first-order valence-electron chi connectivity index (χ1n) is 9.87. The summed E-state index contributed by atoms with van der Waals surface area (Å²) < 4.78 is 41.3. The number of ether oxygens (including phenoxy) is 1. The Kier molecular flexibility index (Phi) is 4.69. The van der Waals surface area contributed by atoms with Crippen LogP contribution in [0.2, 0.25) is 0 Å². The first-order chi connectivity index (χ1) is 14.9. The maximum atomic E-state index is 14.4. The van der Waals surface area contributed by atoms with E-state index in [4.69, 9.17) is 9.26 Å². The first-order valence-corrected chi connectivity index (χ1v) is 9.87. The molecule has 5 rings (SSSR count). The summed E-state index contributed by atoms with van der Waals surface area (Å²) in [5, 5.41) is 9.30. The summed E-state index contributed by atoms with van der Waals surface area (Å²) in [5.74, 6) is -3.37. The lowest BCUT2D eigenvalue weighted by Gasteiger charge is -2.26. The Morgan fingerprint density at radius 2 is 2.10 bits per heavy atom. The van der Waals surface area contributed by atoms with Crippen molar-refractivity contribution in [3.63, 3.8) is 0 Å². The van der Waals surface area contributed by atoms with Gasteiger partial charge in [-0.3, -0.25) is 9.48 Å². The molecule has 0 unspecified atom stereocenters. The Labute approximate surface area is 175 Å². The lowest BCUT2D eigenvalue weighted by atomic mass is 10.1. The summed E-state index contributed by atoms with van der Waals surface area (Å²) in [6, 6.07) is 5.80.